The summed E-state index contributed by atoms with van der Waals surface area (Å²) >= 11 is 6.16. The molecule has 0 fully saturated rings. The molecule has 0 bridgehead atoms. The summed E-state index contributed by atoms with van der Waals surface area (Å²) in [6.45, 7) is 8.99. The summed E-state index contributed by atoms with van der Waals surface area (Å²) < 4.78 is 5.79. The molecule has 4 heteroatoms. The van der Waals surface area contributed by atoms with Crippen molar-refractivity contribution in [3.8, 4) is 11.6 Å². The van der Waals surface area contributed by atoms with E-state index in [4.69, 9.17) is 16.3 Å². The van der Waals surface area contributed by atoms with Crippen LogP contribution in [0.4, 0.5) is 0 Å². The summed E-state index contributed by atoms with van der Waals surface area (Å²) in [5, 5.41) is 4.14. The molecule has 1 N–H and O–H groups in total. The van der Waals surface area contributed by atoms with Gasteiger partial charge in [-0.15, -0.1) is 0 Å². The molecule has 0 atom stereocenters. The lowest BCUT2D eigenvalue weighted by Gasteiger charge is -2.10. The van der Waals surface area contributed by atoms with Crippen LogP contribution in [0.5, 0.6) is 11.6 Å². The molecule has 0 aliphatic carbocycles. The van der Waals surface area contributed by atoms with Crippen molar-refractivity contribution in [3.63, 3.8) is 0 Å². The Morgan fingerprint density at radius 2 is 1.86 bits per heavy atom. The van der Waals surface area contributed by atoms with Crippen molar-refractivity contribution in [1.29, 1.82) is 0 Å². The number of hydrogen-bond acceptors (Lipinski definition) is 3. The smallest absolute Gasteiger partial charge is 0.219 e. The Morgan fingerprint density at radius 3 is 2.38 bits per heavy atom. The van der Waals surface area contributed by atoms with Crippen LogP contribution < -0.4 is 10.1 Å². The van der Waals surface area contributed by atoms with E-state index < -0.39 is 0 Å². The van der Waals surface area contributed by atoms with Crippen LogP contribution in [-0.4, -0.2) is 11.0 Å². The van der Waals surface area contributed by atoms with Crippen LogP contribution in [0.3, 0.4) is 0 Å². The predicted molar refractivity (Wildman–Crippen MR) is 87.2 cm³/mol. The third-order valence-electron chi connectivity index (χ3n) is 3.14. The number of halogens is 1. The topological polar surface area (TPSA) is 34.1 Å². The summed E-state index contributed by atoms with van der Waals surface area (Å²) in [5.74, 6) is 1.35. The van der Waals surface area contributed by atoms with E-state index in [1.54, 1.807) is 0 Å². The summed E-state index contributed by atoms with van der Waals surface area (Å²) in [6.07, 6.45) is 1.83. The SMILES string of the molecule is Cc1cc(Oc2ccc(CNC(C)C)cn2)cc(C)c1Cl. The molecule has 0 amide bonds. The second-order valence-electron chi connectivity index (χ2n) is 5.51. The van der Waals surface area contributed by atoms with Crippen LogP contribution in [0, 0.1) is 13.8 Å². The molecule has 112 valence electrons. The third-order valence-corrected chi connectivity index (χ3v) is 3.74. The monoisotopic (exact) mass is 304 g/mol. The normalized spacial score (nSPS) is 11.0. The van der Waals surface area contributed by atoms with Crippen LogP contribution in [-0.2, 0) is 6.54 Å². The van der Waals surface area contributed by atoms with Crippen LogP contribution in [0.25, 0.3) is 0 Å². The Kier molecular flexibility index (Phi) is 5.21. The maximum absolute atomic E-state index is 6.16. The fourth-order valence-corrected chi connectivity index (χ4v) is 2.09. The number of hydrogen-bond donors (Lipinski definition) is 1. The number of rotatable bonds is 5. The van der Waals surface area contributed by atoms with Gasteiger partial charge in [0.2, 0.25) is 5.88 Å². The van der Waals surface area contributed by atoms with E-state index in [0.717, 1.165) is 34.0 Å². The van der Waals surface area contributed by atoms with Crippen LogP contribution >= 0.6 is 11.6 Å². The first-order valence-corrected chi connectivity index (χ1v) is 7.46. The molecule has 21 heavy (non-hydrogen) atoms. The molecule has 2 aromatic rings. The zero-order valence-electron chi connectivity index (χ0n) is 12.9. The molecular weight excluding hydrogens is 284 g/mol. The zero-order valence-corrected chi connectivity index (χ0v) is 13.7. The molecule has 0 unspecified atom stereocenters. The first-order valence-electron chi connectivity index (χ1n) is 7.08. The lowest BCUT2D eigenvalue weighted by atomic mass is 10.1. The highest BCUT2D eigenvalue weighted by molar-refractivity contribution is 6.32. The minimum Gasteiger partial charge on any atom is -0.439 e. The second kappa shape index (κ2) is 6.92. The van der Waals surface area contributed by atoms with Crippen molar-refractivity contribution in [2.24, 2.45) is 0 Å². The van der Waals surface area contributed by atoms with Crippen LogP contribution in [0.1, 0.15) is 30.5 Å². The van der Waals surface area contributed by atoms with Gasteiger partial charge < -0.3 is 10.1 Å². The summed E-state index contributed by atoms with van der Waals surface area (Å²) in [5.41, 5.74) is 3.15. The minimum absolute atomic E-state index is 0.459. The van der Waals surface area contributed by atoms with E-state index >= 15 is 0 Å². The van der Waals surface area contributed by atoms with Gasteiger partial charge in [0.25, 0.3) is 0 Å². The molecule has 2 rings (SSSR count). The highest BCUT2D eigenvalue weighted by Gasteiger charge is 2.05. The first kappa shape index (κ1) is 15.8. The molecule has 1 heterocycles. The van der Waals surface area contributed by atoms with Gasteiger partial charge in [0.1, 0.15) is 5.75 Å². The zero-order chi connectivity index (χ0) is 15.4. The van der Waals surface area contributed by atoms with Crippen LogP contribution in [0.15, 0.2) is 30.5 Å². The van der Waals surface area contributed by atoms with E-state index in [1.165, 1.54) is 0 Å². The van der Waals surface area contributed by atoms with E-state index in [-0.39, 0.29) is 0 Å². The van der Waals surface area contributed by atoms with E-state index in [2.05, 4.69) is 24.1 Å². The summed E-state index contributed by atoms with van der Waals surface area (Å²) in [4.78, 5) is 4.34. The summed E-state index contributed by atoms with van der Waals surface area (Å²) in [7, 11) is 0. The lowest BCUT2D eigenvalue weighted by molar-refractivity contribution is 0.461. The van der Waals surface area contributed by atoms with Crippen molar-refractivity contribution in [3.05, 3.63) is 52.2 Å². The number of nitrogens with one attached hydrogen (secondary N) is 1. The quantitative estimate of drug-likeness (QED) is 0.873. The number of benzene rings is 1. The van der Waals surface area contributed by atoms with Crippen LogP contribution in [0.2, 0.25) is 5.02 Å². The predicted octanol–water partition coefficient (Wildman–Crippen LogP) is 4.64. The fourth-order valence-electron chi connectivity index (χ4n) is 1.98. The fraction of sp³-hybridized carbons (Fsp3) is 0.353. The molecule has 1 aromatic heterocycles. The Labute approximate surface area is 131 Å². The Balaban J connectivity index is 2.06. The van der Waals surface area contributed by atoms with E-state index in [0.29, 0.717) is 11.9 Å². The molecule has 0 radical (unpaired) electrons. The van der Waals surface area contributed by atoms with Gasteiger partial charge in [0, 0.05) is 29.9 Å². The molecule has 0 saturated carbocycles. The van der Waals surface area contributed by atoms with Gasteiger partial charge >= 0.3 is 0 Å². The highest BCUT2D eigenvalue weighted by Crippen LogP contribution is 2.28. The molecular formula is C17H21ClN2O. The average Bonchev–Trinajstić information content (AvgIpc) is 2.44. The molecule has 3 nitrogen and oxygen atoms in total. The first-order chi connectivity index (χ1) is 9.95. The summed E-state index contributed by atoms with van der Waals surface area (Å²) in [6, 6.07) is 8.21. The van der Waals surface area contributed by atoms with Crippen molar-refractivity contribution in [1.82, 2.24) is 10.3 Å². The van der Waals surface area contributed by atoms with Crippen molar-refractivity contribution < 1.29 is 4.74 Å². The molecule has 1 aromatic carbocycles. The van der Waals surface area contributed by atoms with Crippen molar-refractivity contribution in [2.45, 2.75) is 40.3 Å². The van der Waals surface area contributed by atoms with Crippen molar-refractivity contribution >= 4 is 11.6 Å². The number of nitrogens with zero attached hydrogens (tertiary/aromatic N) is 1. The Hall–Kier alpha value is -1.58. The molecule has 0 aliphatic rings. The number of aromatic nitrogens is 1. The third kappa shape index (κ3) is 4.45. The van der Waals surface area contributed by atoms with E-state index in [9.17, 15) is 0 Å². The second-order valence-corrected chi connectivity index (χ2v) is 5.89. The van der Waals surface area contributed by atoms with E-state index in [1.807, 2.05) is 44.3 Å². The van der Waals surface area contributed by atoms with Crippen molar-refractivity contribution in [2.75, 3.05) is 0 Å². The van der Waals surface area contributed by atoms with Gasteiger partial charge in [-0.25, -0.2) is 4.98 Å². The molecule has 0 saturated heterocycles. The average molecular weight is 305 g/mol. The lowest BCUT2D eigenvalue weighted by Crippen LogP contribution is -2.21. The number of pyridine rings is 1. The van der Waals surface area contributed by atoms with Gasteiger partial charge in [0.15, 0.2) is 0 Å². The largest absolute Gasteiger partial charge is 0.439 e. The number of aryl methyl sites for hydroxylation is 2. The van der Waals surface area contributed by atoms with Gasteiger partial charge in [-0.1, -0.05) is 31.5 Å². The highest BCUT2D eigenvalue weighted by atomic mass is 35.5. The Bertz CT molecular complexity index is 586. The molecule has 0 aliphatic heterocycles. The van der Waals surface area contributed by atoms with Gasteiger partial charge in [-0.2, -0.15) is 0 Å². The number of ether oxygens (including phenoxy) is 1. The standard InChI is InChI=1S/C17H21ClN2O/c1-11(2)19-9-14-5-6-16(20-10-14)21-15-7-12(3)17(18)13(4)8-15/h5-8,10-11,19H,9H2,1-4H3. The van der Waals surface area contributed by atoms with Gasteiger partial charge in [-0.05, 0) is 42.7 Å². The Morgan fingerprint density at radius 1 is 1.19 bits per heavy atom. The maximum Gasteiger partial charge on any atom is 0.219 e. The van der Waals surface area contributed by atoms with Gasteiger partial charge in [-0.3, -0.25) is 0 Å². The minimum atomic E-state index is 0.459. The maximum atomic E-state index is 6.16. The molecule has 0 spiro atoms. The van der Waals surface area contributed by atoms with Gasteiger partial charge in [0.05, 0.1) is 0 Å².